The van der Waals surface area contributed by atoms with Crippen LogP contribution >= 0.6 is 0 Å². The molecule has 0 aromatic heterocycles. The lowest BCUT2D eigenvalue weighted by atomic mass is 10.1. The van der Waals surface area contributed by atoms with Crippen LogP contribution < -0.4 is 24.7 Å². The van der Waals surface area contributed by atoms with Gasteiger partial charge in [0.2, 0.25) is 0 Å². The van der Waals surface area contributed by atoms with Crippen LogP contribution in [0.15, 0.2) is 48.0 Å². The van der Waals surface area contributed by atoms with Gasteiger partial charge in [0.15, 0.2) is 11.5 Å². The molecule has 2 N–H and O–H groups in total. The van der Waals surface area contributed by atoms with E-state index in [2.05, 4.69) is 0 Å². The van der Waals surface area contributed by atoms with Crippen LogP contribution in [0.5, 0.6) is 23.0 Å². The first-order chi connectivity index (χ1) is 14.5. The summed E-state index contributed by atoms with van der Waals surface area (Å²) in [6.07, 6.45) is 1.95. The molecule has 0 bridgehead atoms. The molecule has 0 fully saturated rings. The molecular formula is C22H22N2O6. The van der Waals surface area contributed by atoms with Crippen LogP contribution in [-0.2, 0) is 9.59 Å². The number of rotatable bonds is 10. The Morgan fingerprint density at radius 3 is 2.33 bits per heavy atom. The molecule has 8 nitrogen and oxygen atoms in total. The third kappa shape index (κ3) is 6.56. The topological polar surface area (TPSA) is 121 Å². The molecule has 0 saturated carbocycles. The van der Waals surface area contributed by atoms with Crippen LogP contribution in [0.1, 0.15) is 18.4 Å². The predicted molar refractivity (Wildman–Crippen MR) is 109 cm³/mol. The molecule has 0 radical (unpaired) electrons. The Hall–Kier alpha value is -3.99. The van der Waals surface area contributed by atoms with Crippen LogP contribution in [0.25, 0.3) is 6.08 Å². The molecule has 0 aliphatic rings. The van der Waals surface area contributed by atoms with E-state index in [4.69, 9.17) is 29.9 Å². The fourth-order valence-corrected chi connectivity index (χ4v) is 2.44. The lowest BCUT2D eigenvalue weighted by molar-refractivity contribution is -0.134. The Morgan fingerprint density at radius 1 is 1.03 bits per heavy atom. The third-order valence-electron chi connectivity index (χ3n) is 3.96. The van der Waals surface area contributed by atoms with Gasteiger partial charge in [0.25, 0.3) is 5.91 Å². The number of esters is 1. The van der Waals surface area contributed by atoms with E-state index in [0.717, 1.165) is 5.75 Å². The Kier molecular flexibility index (Phi) is 8.27. The highest BCUT2D eigenvalue weighted by Gasteiger charge is 2.12. The van der Waals surface area contributed by atoms with Crippen LogP contribution in [0, 0.1) is 11.3 Å². The quantitative estimate of drug-likeness (QED) is 0.210. The van der Waals surface area contributed by atoms with Gasteiger partial charge in [-0.1, -0.05) is 6.07 Å². The van der Waals surface area contributed by atoms with Gasteiger partial charge in [-0.3, -0.25) is 9.59 Å². The molecule has 30 heavy (non-hydrogen) atoms. The second kappa shape index (κ2) is 11.1. The number of nitrogens with zero attached hydrogens (tertiary/aromatic N) is 1. The summed E-state index contributed by atoms with van der Waals surface area (Å²) >= 11 is 0. The number of carbonyl (C=O) groups excluding carboxylic acids is 2. The lowest BCUT2D eigenvalue weighted by Gasteiger charge is -2.10. The molecule has 0 aliphatic heterocycles. The van der Waals surface area contributed by atoms with E-state index in [1.54, 1.807) is 43.5 Å². The summed E-state index contributed by atoms with van der Waals surface area (Å²) in [6, 6.07) is 13.5. The minimum Gasteiger partial charge on any atom is -0.497 e. The number of amides is 1. The summed E-state index contributed by atoms with van der Waals surface area (Å²) < 4.78 is 21.2. The van der Waals surface area contributed by atoms with Crippen molar-refractivity contribution in [2.45, 2.75) is 12.8 Å². The normalized spacial score (nSPS) is 10.6. The van der Waals surface area contributed by atoms with Gasteiger partial charge in [0, 0.05) is 6.42 Å². The van der Waals surface area contributed by atoms with E-state index in [1.165, 1.54) is 25.3 Å². The van der Waals surface area contributed by atoms with Crippen molar-refractivity contribution >= 4 is 18.0 Å². The molecule has 2 aromatic rings. The van der Waals surface area contributed by atoms with Gasteiger partial charge in [-0.2, -0.15) is 5.26 Å². The predicted octanol–water partition coefficient (Wildman–Crippen LogP) is 2.86. The van der Waals surface area contributed by atoms with Gasteiger partial charge in [-0.05, 0) is 54.5 Å². The second-order valence-electron chi connectivity index (χ2n) is 6.05. The minimum atomic E-state index is -0.830. The van der Waals surface area contributed by atoms with E-state index in [9.17, 15) is 9.59 Å². The van der Waals surface area contributed by atoms with Gasteiger partial charge >= 0.3 is 5.97 Å². The number of hydrogen-bond acceptors (Lipinski definition) is 7. The average Bonchev–Trinajstić information content (AvgIpc) is 2.76. The maximum atomic E-state index is 12.1. The van der Waals surface area contributed by atoms with Crippen molar-refractivity contribution in [3.8, 4) is 29.1 Å². The molecular weight excluding hydrogens is 388 g/mol. The molecule has 0 atom stereocenters. The zero-order valence-electron chi connectivity index (χ0n) is 16.7. The molecule has 0 spiro atoms. The van der Waals surface area contributed by atoms with E-state index in [-0.39, 0.29) is 23.5 Å². The van der Waals surface area contributed by atoms with Crippen LogP contribution in [-0.4, -0.2) is 32.7 Å². The van der Waals surface area contributed by atoms with E-state index in [1.807, 2.05) is 0 Å². The Bertz CT molecular complexity index is 961. The molecule has 0 unspecified atom stereocenters. The van der Waals surface area contributed by atoms with Gasteiger partial charge in [0.05, 0.1) is 20.8 Å². The van der Waals surface area contributed by atoms with Crippen LogP contribution in [0.2, 0.25) is 0 Å². The summed E-state index contributed by atoms with van der Waals surface area (Å²) in [4.78, 5) is 23.3. The summed E-state index contributed by atoms with van der Waals surface area (Å²) in [7, 11) is 3.01. The monoisotopic (exact) mass is 410 g/mol. The number of benzene rings is 2. The summed E-state index contributed by atoms with van der Waals surface area (Å²) in [5, 5.41) is 8.92. The molecule has 2 rings (SSSR count). The van der Waals surface area contributed by atoms with Crippen molar-refractivity contribution < 1.29 is 28.5 Å². The highest BCUT2D eigenvalue weighted by Crippen LogP contribution is 2.29. The molecule has 156 valence electrons. The summed E-state index contributed by atoms with van der Waals surface area (Å²) in [5.74, 6) is 0.664. The van der Waals surface area contributed by atoms with E-state index in [0.29, 0.717) is 24.3 Å². The van der Waals surface area contributed by atoms with E-state index >= 15 is 0 Å². The molecule has 0 saturated heterocycles. The van der Waals surface area contributed by atoms with Crippen molar-refractivity contribution in [2.24, 2.45) is 5.73 Å². The molecule has 8 heteroatoms. The lowest BCUT2D eigenvalue weighted by Crippen LogP contribution is -2.12. The number of methoxy groups -OCH3 is 2. The van der Waals surface area contributed by atoms with Crippen molar-refractivity contribution in [3.63, 3.8) is 0 Å². The summed E-state index contributed by atoms with van der Waals surface area (Å²) in [5.41, 5.74) is 5.44. The maximum Gasteiger partial charge on any atom is 0.311 e. The first-order valence-corrected chi connectivity index (χ1v) is 9.04. The molecule has 2 aromatic carbocycles. The molecule has 0 heterocycles. The van der Waals surface area contributed by atoms with Crippen LogP contribution in [0.4, 0.5) is 0 Å². The Morgan fingerprint density at radius 2 is 1.73 bits per heavy atom. The minimum absolute atomic E-state index is 0.154. The summed E-state index contributed by atoms with van der Waals surface area (Å²) in [6.45, 7) is 0.354. The number of nitrogens with two attached hydrogens (primary N) is 1. The van der Waals surface area contributed by atoms with Crippen LogP contribution in [0.3, 0.4) is 0 Å². The van der Waals surface area contributed by atoms with Gasteiger partial charge in [-0.25, -0.2) is 0 Å². The zero-order valence-corrected chi connectivity index (χ0v) is 16.7. The van der Waals surface area contributed by atoms with E-state index < -0.39 is 11.9 Å². The largest absolute Gasteiger partial charge is 0.497 e. The van der Waals surface area contributed by atoms with Crippen molar-refractivity contribution in [1.29, 1.82) is 5.26 Å². The fraction of sp³-hybridized carbons (Fsp3) is 0.227. The highest BCUT2D eigenvalue weighted by molar-refractivity contribution is 6.00. The smallest absolute Gasteiger partial charge is 0.311 e. The SMILES string of the molecule is COc1ccc(OCCCC(=O)Oc2ccc(/C=C(\C#N)C(N)=O)cc2OC)cc1. The first-order valence-electron chi connectivity index (χ1n) is 9.04. The first kappa shape index (κ1) is 22.3. The number of nitriles is 1. The Labute approximate surface area is 174 Å². The zero-order chi connectivity index (χ0) is 21.9. The van der Waals surface area contributed by atoms with Gasteiger partial charge < -0.3 is 24.7 Å². The third-order valence-corrected chi connectivity index (χ3v) is 3.96. The second-order valence-corrected chi connectivity index (χ2v) is 6.05. The van der Waals surface area contributed by atoms with Gasteiger partial charge in [-0.15, -0.1) is 0 Å². The van der Waals surface area contributed by atoms with Crippen molar-refractivity contribution in [2.75, 3.05) is 20.8 Å². The van der Waals surface area contributed by atoms with Crippen molar-refractivity contribution in [1.82, 2.24) is 0 Å². The fourth-order valence-electron chi connectivity index (χ4n) is 2.44. The number of carbonyl (C=O) groups is 2. The average molecular weight is 410 g/mol. The standard InChI is InChI=1S/C22H22N2O6/c1-27-17-6-8-18(9-7-17)29-11-3-4-21(25)30-19-10-5-15(13-20(19)28-2)12-16(14-23)22(24)26/h5-10,12-13H,3-4,11H2,1-2H3,(H2,24,26)/b16-12+. The maximum absolute atomic E-state index is 12.1. The number of primary amides is 1. The number of hydrogen-bond donors (Lipinski definition) is 1. The number of ether oxygens (including phenoxy) is 4. The molecule has 0 aliphatic carbocycles. The van der Waals surface area contributed by atoms with Gasteiger partial charge in [0.1, 0.15) is 23.1 Å². The van der Waals surface area contributed by atoms with Crippen molar-refractivity contribution in [3.05, 3.63) is 53.6 Å². The molecule has 1 amide bonds. The Balaban J connectivity index is 1.89. The highest BCUT2D eigenvalue weighted by atomic mass is 16.6.